The molecule has 0 saturated carbocycles. The number of nitrogens with one attached hydrogen (secondary N) is 2. The summed E-state index contributed by atoms with van der Waals surface area (Å²) in [7, 11) is 0. The number of hydrogen-bond donors (Lipinski definition) is 2. The number of carbonyl (C=O) groups is 1. The Hall–Kier alpha value is -1.69. The van der Waals surface area contributed by atoms with Crippen LogP contribution in [0.25, 0.3) is 0 Å². The zero-order valence-corrected chi connectivity index (χ0v) is 12.1. The third-order valence-corrected chi connectivity index (χ3v) is 3.51. The highest BCUT2D eigenvalue weighted by molar-refractivity contribution is 5.92. The van der Waals surface area contributed by atoms with Crippen LogP contribution in [0, 0.1) is 5.92 Å². The van der Waals surface area contributed by atoms with Crippen LogP contribution < -0.4 is 10.6 Å². The van der Waals surface area contributed by atoms with Gasteiger partial charge in [0.05, 0.1) is 6.10 Å². The Labute approximate surface area is 119 Å². The lowest BCUT2D eigenvalue weighted by atomic mass is 10.0. The molecule has 1 aromatic heterocycles. The molecule has 6 heteroatoms. The first-order valence-electron chi connectivity index (χ1n) is 7.18. The van der Waals surface area contributed by atoms with E-state index < -0.39 is 0 Å². The number of aromatic nitrogens is 2. The molecule has 1 amide bonds. The van der Waals surface area contributed by atoms with E-state index in [0.717, 1.165) is 26.0 Å². The Balaban J connectivity index is 1.82. The largest absolute Gasteiger partial charge is 0.378 e. The topological polar surface area (TPSA) is 76.1 Å². The highest BCUT2D eigenvalue weighted by atomic mass is 16.5. The van der Waals surface area contributed by atoms with Crippen molar-refractivity contribution in [3.05, 3.63) is 17.8 Å². The van der Waals surface area contributed by atoms with Crippen LogP contribution in [-0.2, 0) is 4.74 Å². The maximum atomic E-state index is 12.0. The van der Waals surface area contributed by atoms with Crippen molar-refractivity contribution in [3.63, 3.8) is 0 Å². The molecule has 1 fully saturated rings. The SMILES string of the molecule is CCCNc1ccc(C(=O)NCC2CCOC2C)nn1. The fraction of sp³-hybridized carbons (Fsp3) is 0.643. The second-order valence-corrected chi connectivity index (χ2v) is 5.07. The van der Waals surface area contributed by atoms with E-state index >= 15 is 0 Å². The number of hydrogen-bond acceptors (Lipinski definition) is 5. The molecule has 2 atom stereocenters. The van der Waals surface area contributed by atoms with Crippen molar-refractivity contribution < 1.29 is 9.53 Å². The van der Waals surface area contributed by atoms with Gasteiger partial charge in [0.15, 0.2) is 5.69 Å². The molecule has 1 aromatic rings. The minimum Gasteiger partial charge on any atom is -0.378 e. The van der Waals surface area contributed by atoms with Crippen molar-refractivity contribution in [1.29, 1.82) is 0 Å². The van der Waals surface area contributed by atoms with Crippen LogP contribution >= 0.6 is 0 Å². The van der Waals surface area contributed by atoms with Gasteiger partial charge in [0, 0.05) is 25.6 Å². The average Bonchev–Trinajstić information content (AvgIpc) is 2.88. The molecule has 6 nitrogen and oxygen atoms in total. The summed E-state index contributed by atoms with van der Waals surface area (Å²) in [4.78, 5) is 12.0. The standard InChI is InChI=1S/C14H22N4O2/c1-3-7-15-13-5-4-12(17-18-13)14(19)16-9-11-6-8-20-10(11)2/h4-5,10-11H,3,6-9H2,1-2H3,(H,15,18)(H,16,19). The molecule has 0 radical (unpaired) electrons. The first-order chi connectivity index (χ1) is 9.70. The molecule has 20 heavy (non-hydrogen) atoms. The number of rotatable bonds is 6. The maximum Gasteiger partial charge on any atom is 0.271 e. The van der Waals surface area contributed by atoms with E-state index in [4.69, 9.17) is 4.74 Å². The molecule has 1 aliphatic rings. The predicted molar refractivity (Wildman–Crippen MR) is 76.7 cm³/mol. The summed E-state index contributed by atoms with van der Waals surface area (Å²) in [6, 6.07) is 3.47. The summed E-state index contributed by atoms with van der Waals surface area (Å²) in [5.74, 6) is 0.900. The number of amides is 1. The number of ether oxygens (including phenoxy) is 1. The molecule has 0 aliphatic carbocycles. The fourth-order valence-electron chi connectivity index (χ4n) is 2.16. The number of carbonyl (C=O) groups excluding carboxylic acids is 1. The van der Waals surface area contributed by atoms with E-state index in [-0.39, 0.29) is 12.0 Å². The van der Waals surface area contributed by atoms with Gasteiger partial charge in [-0.05, 0) is 31.9 Å². The van der Waals surface area contributed by atoms with Crippen molar-refractivity contribution >= 4 is 11.7 Å². The van der Waals surface area contributed by atoms with Crippen LogP contribution in [0.15, 0.2) is 12.1 Å². The number of anilines is 1. The summed E-state index contributed by atoms with van der Waals surface area (Å²) < 4.78 is 5.47. The van der Waals surface area contributed by atoms with Gasteiger partial charge in [-0.25, -0.2) is 0 Å². The van der Waals surface area contributed by atoms with Crippen molar-refractivity contribution in [2.75, 3.05) is 25.0 Å². The predicted octanol–water partition coefficient (Wildman–Crippen LogP) is 1.45. The van der Waals surface area contributed by atoms with Gasteiger partial charge in [-0.2, -0.15) is 0 Å². The Morgan fingerprint density at radius 2 is 2.30 bits per heavy atom. The third kappa shape index (κ3) is 3.90. The van der Waals surface area contributed by atoms with Crippen LogP contribution in [-0.4, -0.2) is 41.9 Å². The Morgan fingerprint density at radius 1 is 1.45 bits per heavy atom. The summed E-state index contributed by atoms with van der Waals surface area (Å²) >= 11 is 0. The first kappa shape index (κ1) is 14.7. The van der Waals surface area contributed by atoms with E-state index in [0.29, 0.717) is 24.0 Å². The summed E-state index contributed by atoms with van der Waals surface area (Å²) in [6.45, 7) is 6.37. The Kier molecular flexibility index (Phi) is 5.29. The van der Waals surface area contributed by atoms with Crippen molar-refractivity contribution in [2.45, 2.75) is 32.8 Å². The van der Waals surface area contributed by atoms with E-state index in [1.807, 2.05) is 6.92 Å². The lowest BCUT2D eigenvalue weighted by molar-refractivity contribution is 0.0902. The van der Waals surface area contributed by atoms with Gasteiger partial charge < -0.3 is 15.4 Å². The summed E-state index contributed by atoms with van der Waals surface area (Å²) in [5.41, 5.74) is 0.346. The minimum absolute atomic E-state index is 0.182. The van der Waals surface area contributed by atoms with E-state index in [1.165, 1.54) is 0 Å². The summed E-state index contributed by atoms with van der Waals surface area (Å²) in [5, 5.41) is 13.9. The quantitative estimate of drug-likeness (QED) is 0.823. The second kappa shape index (κ2) is 7.19. The molecule has 1 saturated heterocycles. The van der Waals surface area contributed by atoms with Crippen LogP contribution in [0.5, 0.6) is 0 Å². The molecule has 110 valence electrons. The molecular weight excluding hydrogens is 256 g/mol. The van der Waals surface area contributed by atoms with Crippen LogP contribution in [0.3, 0.4) is 0 Å². The highest BCUT2D eigenvalue weighted by Gasteiger charge is 2.24. The molecular formula is C14H22N4O2. The van der Waals surface area contributed by atoms with Crippen LogP contribution in [0.4, 0.5) is 5.82 Å². The molecule has 2 rings (SSSR count). The smallest absolute Gasteiger partial charge is 0.271 e. The highest BCUT2D eigenvalue weighted by Crippen LogP contribution is 2.19. The maximum absolute atomic E-state index is 12.0. The van der Waals surface area contributed by atoms with Crippen molar-refractivity contribution in [2.24, 2.45) is 5.92 Å². The monoisotopic (exact) mass is 278 g/mol. The van der Waals surface area contributed by atoms with Gasteiger partial charge in [-0.1, -0.05) is 6.92 Å². The lowest BCUT2D eigenvalue weighted by Crippen LogP contribution is -2.32. The zero-order valence-electron chi connectivity index (χ0n) is 12.1. The first-order valence-corrected chi connectivity index (χ1v) is 7.18. The van der Waals surface area contributed by atoms with Gasteiger partial charge in [0.2, 0.25) is 0 Å². The van der Waals surface area contributed by atoms with Gasteiger partial charge in [0.25, 0.3) is 5.91 Å². The molecule has 2 heterocycles. The van der Waals surface area contributed by atoms with Crippen molar-refractivity contribution in [3.8, 4) is 0 Å². The molecule has 1 aliphatic heterocycles. The van der Waals surface area contributed by atoms with Crippen LogP contribution in [0.1, 0.15) is 37.2 Å². The molecule has 0 spiro atoms. The lowest BCUT2D eigenvalue weighted by Gasteiger charge is -2.14. The van der Waals surface area contributed by atoms with Gasteiger partial charge >= 0.3 is 0 Å². The average molecular weight is 278 g/mol. The molecule has 2 unspecified atom stereocenters. The molecule has 2 N–H and O–H groups in total. The second-order valence-electron chi connectivity index (χ2n) is 5.07. The zero-order chi connectivity index (χ0) is 14.4. The Morgan fingerprint density at radius 3 is 2.90 bits per heavy atom. The number of nitrogens with zero attached hydrogens (tertiary/aromatic N) is 2. The fourth-order valence-corrected chi connectivity index (χ4v) is 2.16. The van der Waals surface area contributed by atoms with E-state index in [2.05, 4.69) is 27.8 Å². The molecule has 0 bridgehead atoms. The van der Waals surface area contributed by atoms with E-state index in [9.17, 15) is 4.79 Å². The van der Waals surface area contributed by atoms with Gasteiger partial charge in [-0.15, -0.1) is 10.2 Å². The van der Waals surface area contributed by atoms with Crippen LogP contribution in [0.2, 0.25) is 0 Å². The van der Waals surface area contributed by atoms with Crippen molar-refractivity contribution in [1.82, 2.24) is 15.5 Å². The minimum atomic E-state index is -0.182. The summed E-state index contributed by atoms with van der Waals surface area (Å²) in [6.07, 6.45) is 2.22. The normalized spacial score (nSPS) is 21.7. The van der Waals surface area contributed by atoms with Gasteiger partial charge in [0.1, 0.15) is 5.82 Å². The van der Waals surface area contributed by atoms with Gasteiger partial charge in [-0.3, -0.25) is 4.79 Å². The third-order valence-electron chi connectivity index (χ3n) is 3.51. The van der Waals surface area contributed by atoms with E-state index in [1.54, 1.807) is 12.1 Å². The Bertz CT molecular complexity index is 435. The molecule has 0 aromatic carbocycles.